The predicted octanol–water partition coefficient (Wildman–Crippen LogP) is 4.03. The molecule has 1 aliphatic rings. The van der Waals surface area contributed by atoms with Gasteiger partial charge in [-0.1, -0.05) is 17.7 Å². The number of hydrogen-bond donors (Lipinski definition) is 1. The third kappa shape index (κ3) is 5.66. The molecular formula is C18H18ClF3N4O2. The number of anilines is 2. The van der Waals surface area contributed by atoms with E-state index in [2.05, 4.69) is 19.9 Å². The molecule has 28 heavy (non-hydrogen) atoms. The van der Waals surface area contributed by atoms with Crippen LogP contribution in [-0.2, 0) is 0 Å². The van der Waals surface area contributed by atoms with Crippen molar-refractivity contribution in [3.8, 4) is 5.88 Å². The van der Waals surface area contributed by atoms with E-state index in [1.165, 1.54) is 18.3 Å². The second-order valence-electron chi connectivity index (χ2n) is 6.17. The summed E-state index contributed by atoms with van der Waals surface area (Å²) in [5.74, 6) is -0.162. The van der Waals surface area contributed by atoms with E-state index in [4.69, 9.17) is 11.6 Å². The maximum atomic E-state index is 12.4. The molecule has 1 fully saturated rings. The number of piperazine rings is 1. The molecule has 0 saturated carbocycles. The number of halogens is 4. The summed E-state index contributed by atoms with van der Waals surface area (Å²) in [7, 11) is 0. The maximum absolute atomic E-state index is 12.4. The summed E-state index contributed by atoms with van der Waals surface area (Å²) in [5, 5.41) is 3.34. The van der Waals surface area contributed by atoms with Crippen LogP contribution in [0.1, 0.15) is 0 Å². The lowest BCUT2D eigenvalue weighted by molar-refractivity contribution is -0.154. The van der Waals surface area contributed by atoms with Crippen molar-refractivity contribution in [3.05, 3.63) is 47.6 Å². The standard InChI is InChI=1S/C18H18ClF3N4O2/c19-13-2-1-3-15(10-13)25-6-8-26(9-7-25)17(27)24-14-4-5-16(23-11-14)28-12-18(20,21)22/h1-5,10-11H,6-9,12H2,(H,24,27). The first-order valence-corrected chi connectivity index (χ1v) is 8.90. The quantitative estimate of drug-likeness (QED) is 0.820. The second kappa shape index (κ2) is 8.55. The summed E-state index contributed by atoms with van der Waals surface area (Å²) in [4.78, 5) is 19.9. The Bertz CT molecular complexity index is 809. The second-order valence-corrected chi connectivity index (χ2v) is 6.61. The number of amides is 2. The van der Waals surface area contributed by atoms with Gasteiger partial charge in [-0.05, 0) is 24.3 Å². The molecular weight excluding hydrogens is 397 g/mol. The fraction of sp³-hybridized carbons (Fsp3) is 0.333. The van der Waals surface area contributed by atoms with Gasteiger partial charge in [-0.2, -0.15) is 13.2 Å². The van der Waals surface area contributed by atoms with Gasteiger partial charge in [0.05, 0.1) is 11.9 Å². The Morgan fingerprint density at radius 3 is 2.54 bits per heavy atom. The van der Waals surface area contributed by atoms with Crippen LogP contribution >= 0.6 is 11.6 Å². The van der Waals surface area contributed by atoms with Gasteiger partial charge < -0.3 is 19.9 Å². The minimum absolute atomic E-state index is 0.162. The predicted molar refractivity (Wildman–Crippen MR) is 100 cm³/mol. The fourth-order valence-electron chi connectivity index (χ4n) is 2.74. The third-order valence-electron chi connectivity index (χ3n) is 4.11. The molecule has 2 aromatic rings. The zero-order chi connectivity index (χ0) is 20.1. The van der Waals surface area contributed by atoms with Crippen LogP contribution in [0.5, 0.6) is 5.88 Å². The van der Waals surface area contributed by atoms with Crippen molar-refractivity contribution in [1.29, 1.82) is 0 Å². The smallest absolute Gasteiger partial charge is 0.422 e. The molecule has 150 valence electrons. The normalized spacial score (nSPS) is 14.7. The van der Waals surface area contributed by atoms with E-state index in [1.54, 1.807) is 4.90 Å². The van der Waals surface area contributed by atoms with Crippen LogP contribution < -0.4 is 15.0 Å². The Balaban J connectivity index is 1.49. The number of carbonyl (C=O) groups is 1. The molecule has 0 radical (unpaired) electrons. The number of ether oxygens (including phenoxy) is 1. The van der Waals surface area contributed by atoms with Gasteiger partial charge in [0, 0.05) is 43.0 Å². The lowest BCUT2D eigenvalue weighted by Crippen LogP contribution is -2.50. The Morgan fingerprint density at radius 2 is 1.93 bits per heavy atom. The molecule has 1 saturated heterocycles. The topological polar surface area (TPSA) is 57.7 Å². The number of benzene rings is 1. The van der Waals surface area contributed by atoms with Gasteiger partial charge in [0.25, 0.3) is 0 Å². The average molecular weight is 415 g/mol. The van der Waals surface area contributed by atoms with Gasteiger partial charge >= 0.3 is 12.2 Å². The van der Waals surface area contributed by atoms with Crippen molar-refractivity contribution in [2.24, 2.45) is 0 Å². The number of urea groups is 1. The zero-order valence-electron chi connectivity index (χ0n) is 14.7. The van der Waals surface area contributed by atoms with Crippen LogP contribution in [0.15, 0.2) is 42.6 Å². The highest BCUT2D eigenvalue weighted by Gasteiger charge is 2.28. The Morgan fingerprint density at radius 1 is 1.18 bits per heavy atom. The molecule has 1 aromatic carbocycles. The van der Waals surface area contributed by atoms with Gasteiger partial charge in [0.2, 0.25) is 5.88 Å². The number of hydrogen-bond acceptors (Lipinski definition) is 4. The van der Waals surface area contributed by atoms with Gasteiger partial charge in [-0.15, -0.1) is 0 Å². The molecule has 3 rings (SSSR count). The molecule has 1 aliphatic heterocycles. The van der Waals surface area contributed by atoms with Gasteiger partial charge in [0.1, 0.15) is 0 Å². The Hall–Kier alpha value is -2.68. The summed E-state index contributed by atoms with van der Waals surface area (Å²) in [6.45, 7) is 0.964. The van der Waals surface area contributed by atoms with Crippen molar-refractivity contribution in [2.75, 3.05) is 43.0 Å². The minimum Gasteiger partial charge on any atom is -0.468 e. The number of carbonyl (C=O) groups excluding carboxylic acids is 1. The van der Waals surface area contributed by atoms with Crippen molar-refractivity contribution in [1.82, 2.24) is 9.88 Å². The van der Waals surface area contributed by atoms with Crippen molar-refractivity contribution >= 4 is 29.0 Å². The first-order valence-electron chi connectivity index (χ1n) is 8.52. The van der Waals surface area contributed by atoms with Crippen molar-refractivity contribution in [3.63, 3.8) is 0 Å². The maximum Gasteiger partial charge on any atom is 0.422 e. The van der Waals surface area contributed by atoms with Gasteiger partial charge in [-0.25, -0.2) is 9.78 Å². The molecule has 10 heteroatoms. The Labute approximate surface area is 164 Å². The SMILES string of the molecule is O=C(Nc1ccc(OCC(F)(F)F)nc1)N1CCN(c2cccc(Cl)c2)CC1. The van der Waals surface area contributed by atoms with E-state index >= 15 is 0 Å². The zero-order valence-corrected chi connectivity index (χ0v) is 15.5. The monoisotopic (exact) mass is 414 g/mol. The van der Waals surface area contributed by atoms with Gasteiger partial charge in [-0.3, -0.25) is 0 Å². The van der Waals surface area contributed by atoms with E-state index in [1.807, 2.05) is 24.3 Å². The molecule has 2 heterocycles. The van der Waals surface area contributed by atoms with Crippen LogP contribution in [0.4, 0.5) is 29.3 Å². The molecule has 1 aromatic heterocycles. The number of rotatable bonds is 4. The number of nitrogens with one attached hydrogen (secondary N) is 1. The summed E-state index contributed by atoms with van der Waals surface area (Å²) in [6, 6.07) is 9.96. The average Bonchev–Trinajstić information content (AvgIpc) is 2.67. The van der Waals surface area contributed by atoms with E-state index in [0.717, 1.165) is 5.69 Å². The summed E-state index contributed by atoms with van der Waals surface area (Å²) >= 11 is 6.01. The highest BCUT2D eigenvalue weighted by molar-refractivity contribution is 6.30. The molecule has 0 spiro atoms. The number of pyridine rings is 1. The van der Waals surface area contributed by atoms with Crippen LogP contribution in [0.2, 0.25) is 5.02 Å². The summed E-state index contributed by atoms with van der Waals surface area (Å²) < 4.78 is 40.9. The highest BCUT2D eigenvalue weighted by atomic mass is 35.5. The molecule has 0 bridgehead atoms. The molecule has 1 N–H and O–H groups in total. The molecule has 0 aliphatic carbocycles. The van der Waals surface area contributed by atoms with Crippen molar-refractivity contribution in [2.45, 2.75) is 6.18 Å². The van der Waals surface area contributed by atoms with Gasteiger partial charge in [0.15, 0.2) is 6.61 Å². The lowest BCUT2D eigenvalue weighted by Gasteiger charge is -2.36. The summed E-state index contributed by atoms with van der Waals surface area (Å²) in [6.07, 6.45) is -3.17. The largest absolute Gasteiger partial charge is 0.468 e. The number of alkyl halides is 3. The minimum atomic E-state index is -4.43. The Kier molecular flexibility index (Phi) is 6.13. The molecule has 6 nitrogen and oxygen atoms in total. The first kappa shape index (κ1) is 20.1. The van der Waals surface area contributed by atoms with Crippen molar-refractivity contribution < 1.29 is 22.7 Å². The van der Waals surface area contributed by atoms with E-state index < -0.39 is 12.8 Å². The molecule has 0 atom stereocenters. The lowest BCUT2D eigenvalue weighted by atomic mass is 10.2. The number of aromatic nitrogens is 1. The first-order chi connectivity index (χ1) is 13.3. The highest BCUT2D eigenvalue weighted by Crippen LogP contribution is 2.21. The molecule has 0 unspecified atom stereocenters. The van der Waals surface area contributed by atoms with Crippen LogP contribution in [0.25, 0.3) is 0 Å². The third-order valence-corrected chi connectivity index (χ3v) is 4.35. The van der Waals surface area contributed by atoms with Crippen LogP contribution in [0.3, 0.4) is 0 Å². The molecule has 2 amide bonds. The van der Waals surface area contributed by atoms with Crippen LogP contribution in [0, 0.1) is 0 Å². The van der Waals surface area contributed by atoms with E-state index in [9.17, 15) is 18.0 Å². The summed E-state index contributed by atoms with van der Waals surface area (Å²) in [5.41, 5.74) is 1.38. The van der Waals surface area contributed by atoms with E-state index in [-0.39, 0.29) is 11.9 Å². The van der Waals surface area contributed by atoms with E-state index in [0.29, 0.717) is 36.9 Å². The fourth-order valence-corrected chi connectivity index (χ4v) is 2.92. The number of nitrogens with zero attached hydrogens (tertiary/aromatic N) is 3. The van der Waals surface area contributed by atoms with Crippen LogP contribution in [-0.4, -0.2) is 54.9 Å².